The monoisotopic (exact) mass is 316 g/mol. The van der Waals surface area contributed by atoms with Gasteiger partial charge in [0.1, 0.15) is 5.75 Å². The van der Waals surface area contributed by atoms with Crippen LogP contribution in [0.2, 0.25) is 0 Å². The molecule has 0 bridgehead atoms. The lowest BCUT2D eigenvalue weighted by molar-refractivity contribution is -0.249. The van der Waals surface area contributed by atoms with Gasteiger partial charge in [-0.3, -0.25) is 0 Å². The van der Waals surface area contributed by atoms with Crippen LogP contribution in [0, 0.1) is 5.41 Å². The number of benzene rings is 1. The first kappa shape index (κ1) is 14.7. The highest BCUT2D eigenvalue weighted by molar-refractivity contribution is 7.81. The van der Waals surface area contributed by atoms with Crippen molar-refractivity contribution in [3.05, 3.63) is 29.8 Å². The van der Waals surface area contributed by atoms with Gasteiger partial charge < -0.3 is 14.2 Å². The molecule has 2 saturated heterocycles. The van der Waals surface area contributed by atoms with E-state index in [4.69, 9.17) is 22.6 Å². The van der Waals surface area contributed by atoms with E-state index in [0.29, 0.717) is 13.2 Å². The van der Waals surface area contributed by atoms with Crippen molar-refractivity contribution in [2.45, 2.75) is 6.29 Å². The summed E-state index contributed by atoms with van der Waals surface area (Å²) < 4.78 is 48.0. The fourth-order valence-corrected chi connectivity index (χ4v) is 3.04. The van der Waals surface area contributed by atoms with E-state index in [9.17, 15) is 8.42 Å². The molecular formula is C13H16O7S. The van der Waals surface area contributed by atoms with Crippen molar-refractivity contribution in [2.24, 2.45) is 5.41 Å². The van der Waals surface area contributed by atoms with Gasteiger partial charge in [0, 0.05) is 5.56 Å². The fourth-order valence-electron chi connectivity index (χ4n) is 2.18. The van der Waals surface area contributed by atoms with Crippen molar-refractivity contribution >= 4 is 10.4 Å². The standard InChI is InChI=1S/C13H16O7S/c1-16-11-4-2-10(3-5-11)12-17-6-13(7-18-12)8-19-21(14,15)20-9-13/h2-5,12H,6-9H2,1H3. The van der Waals surface area contributed by atoms with Crippen molar-refractivity contribution in [3.8, 4) is 5.75 Å². The summed E-state index contributed by atoms with van der Waals surface area (Å²) in [4.78, 5) is 0. The van der Waals surface area contributed by atoms with Crippen LogP contribution in [-0.4, -0.2) is 42.0 Å². The molecule has 8 heteroatoms. The molecule has 2 heterocycles. The lowest BCUT2D eigenvalue weighted by atomic mass is 9.91. The Kier molecular flexibility index (Phi) is 3.89. The normalized spacial score (nSPS) is 24.8. The van der Waals surface area contributed by atoms with Crippen LogP contribution in [0.1, 0.15) is 11.9 Å². The number of hydrogen-bond donors (Lipinski definition) is 0. The number of methoxy groups -OCH3 is 1. The van der Waals surface area contributed by atoms with Crippen molar-refractivity contribution in [1.82, 2.24) is 0 Å². The van der Waals surface area contributed by atoms with E-state index in [1.165, 1.54) is 0 Å². The Morgan fingerprint density at radius 1 is 1.05 bits per heavy atom. The van der Waals surface area contributed by atoms with Crippen LogP contribution < -0.4 is 4.74 Å². The SMILES string of the molecule is COc1ccc(C2OCC3(CO2)COS(=O)(=O)OC3)cc1. The van der Waals surface area contributed by atoms with Gasteiger partial charge in [0.15, 0.2) is 6.29 Å². The molecule has 0 saturated carbocycles. The second kappa shape index (κ2) is 5.54. The maximum atomic E-state index is 11.1. The van der Waals surface area contributed by atoms with Crippen molar-refractivity contribution in [2.75, 3.05) is 33.5 Å². The van der Waals surface area contributed by atoms with Crippen LogP contribution in [0.5, 0.6) is 5.75 Å². The lowest BCUT2D eigenvalue weighted by Gasteiger charge is -2.40. The molecule has 21 heavy (non-hydrogen) atoms. The number of rotatable bonds is 2. The Hall–Kier alpha value is -1.19. The van der Waals surface area contributed by atoms with Gasteiger partial charge in [-0.05, 0) is 12.1 Å². The van der Waals surface area contributed by atoms with E-state index in [-0.39, 0.29) is 13.2 Å². The maximum Gasteiger partial charge on any atom is 0.399 e. The molecule has 1 aromatic rings. The van der Waals surface area contributed by atoms with E-state index >= 15 is 0 Å². The Balaban J connectivity index is 1.62. The van der Waals surface area contributed by atoms with E-state index in [0.717, 1.165) is 11.3 Å². The average Bonchev–Trinajstić information content (AvgIpc) is 2.52. The predicted octanol–water partition coefficient (Wildman–Crippen LogP) is 1.02. The first-order chi connectivity index (χ1) is 10.0. The van der Waals surface area contributed by atoms with Crippen LogP contribution >= 0.6 is 0 Å². The molecular weight excluding hydrogens is 300 g/mol. The van der Waals surface area contributed by atoms with E-state index < -0.39 is 22.1 Å². The minimum atomic E-state index is -3.86. The first-order valence-electron chi connectivity index (χ1n) is 6.43. The quantitative estimate of drug-likeness (QED) is 0.805. The van der Waals surface area contributed by atoms with Crippen LogP contribution in [0.25, 0.3) is 0 Å². The van der Waals surface area contributed by atoms with E-state index in [1.807, 2.05) is 24.3 Å². The minimum Gasteiger partial charge on any atom is -0.497 e. The molecule has 0 unspecified atom stereocenters. The summed E-state index contributed by atoms with van der Waals surface area (Å²) in [5, 5.41) is 0. The third-order valence-electron chi connectivity index (χ3n) is 3.49. The molecule has 2 aliphatic rings. The van der Waals surface area contributed by atoms with Crippen molar-refractivity contribution in [1.29, 1.82) is 0 Å². The van der Waals surface area contributed by atoms with Gasteiger partial charge in [0.25, 0.3) is 0 Å². The van der Waals surface area contributed by atoms with Gasteiger partial charge in [-0.25, -0.2) is 8.37 Å². The zero-order chi connectivity index (χ0) is 14.9. The van der Waals surface area contributed by atoms with Gasteiger partial charge in [-0.1, -0.05) is 12.1 Å². The molecule has 116 valence electrons. The molecule has 0 amide bonds. The summed E-state index contributed by atoms with van der Waals surface area (Å²) in [6.45, 7) is 0.619. The second-order valence-electron chi connectivity index (χ2n) is 5.16. The summed E-state index contributed by atoms with van der Waals surface area (Å²) in [7, 11) is -2.26. The summed E-state index contributed by atoms with van der Waals surface area (Å²) >= 11 is 0. The second-order valence-corrected chi connectivity index (χ2v) is 6.45. The highest BCUT2D eigenvalue weighted by atomic mass is 32.3. The van der Waals surface area contributed by atoms with E-state index in [1.54, 1.807) is 7.11 Å². The zero-order valence-electron chi connectivity index (χ0n) is 11.5. The topological polar surface area (TPSA) is 80.3 Å². The molecule has 3 rings (SSSR count). The highest BCUT2D eigenvalue weighted by Gasteiger charge is 2.44. The van der Waals surface area contributed by atoms with Crippen LogP contribution in [0.15, 0.2) is 24.3 Å². The number of hydrogen-bond acceptors (Lipinski definition) is 7. The van der Waals surface area contributed by atoms with Crippen LogP contribution in [-0.2, 0) is 28.2 Å². The lowest BCUT2D eigenvalue weighted by Crippen LogP contribution is -2.49. The van der Waals surface area contributed by atoms with Gasteiger partial charge >= 0.3 is 10.4 Å². The summed E-state index contributed by atoms with van der Waals surface area (Å²) in [6.07, 6.45) is -0.486. The third-order valence-corrected chi connectivity index (χ3v) is 4.30. The summed E-state index contributed by atoms with van der Waals surface area (Å²) in [5.74, 6) is 0.755. The molecule has 1 spiro atoms. The smallest absolute Gasteiger partial charge is 0.399 e. The van der Waals surface area contributed by atoms with Gasteiger partial charge in [0.2, 0.25) is 0 Å². The third kappa shape index (κ3) is 3.19. The van der Waals surface area contributed by atoms with Crippen molar-refractivity contribution in [3.63, 3.8) is 0 Å². The van der Waals surface area contributed by atoms with Gasteiger partial charge in [-0.2, -0.15) is 8.42 Å². The Morgan fingerprint density at radius 2 is 1.62 bits per heavy atom. The molecule has 2 fully saturated rings. The summed E-state index contributed by atoms with van der Waals surface area (Å²) in [6, 6.07) is 7.37. The molecule has 0 N–H and O–H groups in total. The Bertz CT molecular complexity index is 571. The summed E-state index contributed by atoms with van der Waals surface area (Å²) in [5.41, 5.74) is 0.296. The maximum absolute atomic E-state index is 11.1. The highest BCUT2D eigenvalue weighted by Crippen LogP contribution is 2.35. The first-order valence-corrected chi connectivity index (χ1v) is 7.76. The van der Waals surface area contributed by atoms with Crippen LogP contribution in [0.3, 0.4) is 0 Å². The average molecular weight is 316 g/mol. The van der Waals surface area contributed by atoms with E-state index in [2.05, 4.69) is 0 Å². The molecule has 7 nitrogen and oxygen atoms in total. The zero-order valence-corrected chi connectivity index (χ0v) is 12.3. The van der Waals surface area contributed by atoms with Gasteiger partial charge in [0.05, 0.1) is 39.0 Å². The Morgan fingerprint density at radius 3 is 2.14 bits per heavy atom. The molecule has 0 atom stereocenters. The predicted molar refractivity (Wildman–Crippen MR) is 70.9 cm³/mol. The molecule has 1 aromatic carbocycles. The molecule has 0 aromatic heterocycles. The van der Waals surface area contributed by atoms with Gasteiger partial charge in [-0.15, -0.1) is 0 Å². The molecule has 0 aliphatic carbocycles. The molecule has 2 aliphatic heterocycles. The van der Waals surface area contributed by atoms with Crippen molar-refractivity contribution < 1.29 is 31.0 Å². The van der Waals surface area contributed by atoms with Crippen LogP contribution in [0.4, 0.5) is 0 Å². The largest absolute Gasteiger partial charge is 0.497 e. The number of ether oxygens (including phenoxy) is 3. The molecule has 0 radical (unpaired) electrons. The Labute approximate surface area is 123 Å². The minimum absolute atomic E-state index is 0.00463. The fraction of sp³-hybridized carbons (Fsp3) is 0.538.